The van der Waals surface area contributed by atoms with Crippen LogP contribution in [0.2, 0.25) is 0 Å². The van der Waals surface area contributed by atoms with Crippen molar-refractivity contribution in [1.82, 2.24) is 0 Å². The molecule has 4 rings (SSSR count). The monoisotopic (exact) mass is 400 g/mol. The van der Waals surface area contributed by atoms with E-state index in [0.717, 1.165) is 12.3 Å². The van der Waals surface area contributed by atoms with Crippen molar-refractivity contribution in [1.29, 1.82) is 0 Å². The summed E-state index contributed by atoms with van der Waals surface area (Å²) in [6.45, 7) is 0. The molecule has 3 aromatic carbocycles. The van der Waals surface area contributed by atoms with Gasteiger partial charge in [-0.25, -0.2) is 0 Å². The van der Waals surface area contributed by atoms with Gasteiger partial charge in [-0.1, -0.05) is 24.3 Å². The van der Waals surface area contributed by atoms with Gasteiger partial charge in [0.05, 0.1) is 30.7 Å². The lowest BCUT2D eigenvalue weighted by atomic mass is 9.97. The standard InChI is InChI=1S/C22H15F3O4/c1-27-18-9-12-7-8-17-20(14(12)10-19(18)28-2)21(26)15(11-29-17)13-5-3-4-6-16(13)22(23,24)25/h3-11H,1-2H3. The second kappa shape index (κ2) is 6.84. The van der Waals surface area contributed by atoms with Crippen LogP contribution < -0.4 is 14.9 Å². The summed E-state index contributed by atoms with van der Waals surface area (Å²) in [7, 11) is 2.95. The highest BCUT2D eigenvalue weighted by molar-refractivity contribution is 6.07. The smallest absolute Gasteiger partial charge is 0.417 e. The van der Waals surface area contributed by atoms with Crippen molar-refractivity contribution in [2.45, 2.75) is 6.18 Å². The summed E-state index contributed by atoms with van der Waals surface area (Å²) in [5.41, 5.74) is -1.57. The van der Waals surface area contributed by atoms with Gasteiger partial charge < -0.3 is 13.9 Å². The topological polar surface area (TPSA) is 48.7 Å². The molecular weight excluding hydrogens is 385 g/mol. The fourth-order valence-corrected chi connectivity index (χ4v) is 3.42. The number of alkyl halides is 3. The Balaban J connectivity index is 2.09. The molecule has 0 spiro atoms. The number of methoxy groups -OCH3 is 2. The van der Waals surface area contributed by atoms with E-state index < -0.39 is 17.2 Å². The molecular formula is C22H15F3O4. The first-order valence-electron chi connectivity index (χ1n) is 8.62. The van der Waals surface area contributed by atoms with Crippen molar-refractivity contribution in [2.75, 3.05) is 14.2 Å². The SMILES string of the molecule is COc1cc2ccc3occ(-c4ccccc4C(F)(F)F)c(=O)c3c2cc1OC. The Kier molecular flexibility index (Phi) is 4.45. The maximum atomic E-state index is 13.5. The minimum Gasteiger partial charge on any atom is -0.493 e. The average molecular weight is 400 g/mol. The molecule has 4 aromatic rings. The second-order valence-electron chi connectivity index (χ2n) is 6.39. The molecule has 0 atom stereocenters. The van der Waals surface area contributed by atoms with E-state index in [0.29, 0.717) is 22.3 Å². The molecule has 7 heteroatoms. The van der Waals surface area contributed by atoms with Crippen LogP contribution in [0, 0.1) is 0 Å². The van der Waals surface area contributed by atoms with Crippen molar-refractivity contribution in [2.24, 2.45) is 0 Å². The van der Waals surface area contributed by atoms with Crippen LogP contribution in [0.3, 0.4) is 0 Å². The zero-order valence-corrected chi connectivity index (χ0v) is 15.5. The first-order valence-corrected chi connectivity index (χ1v) is 8.62. The fraction of sp³-hybridized carbons (Fsp3) is 0.136. The summed E-state index contributed by atoms with van der Waals surface area (Å²) in [4.78, 5) is 13.3. The van der Waals surface area contributed by atoms with Gasteiger partial charge in [-0.3, -0.25) is 4.79 Å². The molecule has 0 saturated heterocycles. The molecule has 0 aliphatic heterocycles. The normalized spacial score (nSPS) is 11.8. The van der Waals surface area contributed by atoms with Crippen LogP contribution >= 0.6 is 0 Å². The zero-order chi connectivity index (χ0) is 20.8. The summed E-state index contributed by atoms with van der Waals surface area (Å²) in [6.07, 6.45) is -3.53. The summed E-state index contributed by atoms with van der Waals surface area (Å²) in [5, 5.41) is 1.35. The molecule has 0 fully saturated rings. The Morgan fingerprint density at radius 1 is 0.897 bits per heavy atom. The number of rotatable bonds is 3. The van der Waals surface area contributed by atoms with Gasteiger partial charge in [0.2, 0.25) is 5.43 Å². The summed E-state index contributed by atoms with van der Waals surface area (Å²) in [5.74, 6) is 0.871. The Bertz CT molecular complexity index is 1290. The highest BCUT2D eigenvalue weighted by atomic mass is 19.4. The van der Waals surface area contributed by atoms with E-state index in [1.165, 1.54) is 32.4 Å². The van der Waals surface area contributed by atoms with E-state index >= 15 is 0 Å². The lowest BCUT2D eigenvalue weighted by molar-refractivity contribution is -0.137. The molecule has 4 nitrogen and oxygen atoms in total. The van der Waals surface area contributed by atoms with Crippen molar-refractivity contribution in [3.63, 3.8) is 0 Å². The third kappa shape index (κ3) is 3.08. The zero-order valence-electron chi connectivity index (χ0n) is 15.5. The Labute approximate surface area is 163 Å². The average Bonchev–Trinajstić information content (AvgIpc) is 2.72. The summed E-state index contributed by atoms with van der Waals surface area (Å²) < 4.78 is 56.5. The van der Waals surface area contributed by atoms with Gasteiger partial charge in [0.1, 0.15) is 11.8 Å². The van der Waals surface area contributed by atoms with Gasteiger partial charge in [-0.2, -0.15) is 13.2 Å². The van der Waals surface area contributed by atoms with Crippen LogP contribution in [0.25, 0.3) is 32.9 Å². The van der Waals surface area contributed by atoms with Crippen molar-refractivity contribution >= 4 is 21.7 Å². The van der Waals surface area contributed by atoms with Gasteiger partial charge in [0.15, 0.2) is 11.5 Å². The molecule has 0 unspecified atom stereocenters. The molecule has 0 aliphatic rings. The maximum absolute atomic E-state index is 13.5. The largest absolute Gasteiger partial charge is 0.493 e. The Morgan fingerprint density at radius 3 is 2.28 bits per heavy atom. The fourth-order valence-electron chi connectivity index (χ4n) is 3.42. The van der Waals surface area contributed by atoms with E-state index in [1.807, 2.05) is 0 Å². The van der Waals surface area contributed by atoms with E-state index in [2.05, 4.69) is 0 Å². The number of halogens is 3. The quantitative estimate of drug-likeness (QED) is 0.417. The highest BCUT2D eigenvalue weighted by Gasteiger charge is 2.34. The number of fused-ring (bicyclic) bond motifs is 3. The second-order valence-corrected chi connectivity index (χ2v) is 6.39. The molecule has 148 valence electrons. The molecule has 1 heterocycles. The number of hydrogen-bond donors (Lipinski definition) is 0. The van der Waals surface area contributed by atoms with Gasteiger partial charge in [0, 0.05) is 10.9 Å². The van der Waals surface area contributed by atoms with Gasteiger partial charge in [0.25, 0.3) is 0 Å². The Hall–Kier alpha value is -3.48. The van der Waals surface area contributed by atoms with Crippen LogP contribution in [0.1, 0.15) is 5.56 Å². The minimum absolute atomic E-state index is 0.160. The molecule has 0 aliphatic carbocycles. The number of benzene rings is 3. The number of hydrogen-bond acceptors (Lipinski definition) is 4. The van der Waals surface area contributed by atoms with Crippen LogP contribution in [0.4, 0.5) is 13.2 Å². The minimum atomic E-state index is -4.60. The van der Waals surface area contributed by atoms with Crippen molar-refractivity contribution < 1.29 is 27.1 Å². The van der Waals surface area contributed by atoms with E-state index in [4.69, 9.17) is 13.9 Å². The van der Waals surface area contributed by atoms with Gasteiger partial charge in [-0.05, 0) is 29.7 Å². The first kappa shape index (κ1) is 18.9. The maximum Gasteiger partial charge on any atom is 0.417 e. The molecule has 0 bridgehead atoms. The predicted octanol–water partition coefficient (Wildman–Crippen LogP) is 5.65. The van der Waals surface area contributed by atoms with E-state index in [1.54, 1.807) is 24.3 Å². The van der Waals surface area contributed by atoms with Crippen molar-refractivity contribution in [3.8, 4) is 22.6 Å². The van der Waals surface area contributed by atoms with Crippen LogP contribution in [-0.2, 0) is 6.18 Å². The van der Waals surface area contributed by atoms with E-state index in [-0.39, 0.29) is 22.1 Å². The van der Waals surface area contributed by atoms with Crippen LogP contribution in [0.15, 0.2) is 64.0 Å². The van der Waals surface area contributed by atoms with E-state index in [9.17, 15) is 18.0 Å². The van der Waals surface area contributed by atoms with Crippen molar-refractivity contribution in [3.05, 3.63) is 70.6 Å². The lowest BCUT2D eigenvalue weighted by Gasteiger charge is -2.13. The molecule has 0 radical (unpaired) electrons. The lowest BCUT2D eigenvalue weighted by Crippen LogP contribution is -2.11. The highest BCUT2D eigenvalue weighted by Crippen LogP contribution is 2.38. The summed E-state index contributed by atoms with van der Waals surface area (Å²) >= 11 is 0. The van der Waals surface area contributed by atoms with Crippen LogP contribution in [0.5, 0.6) is 11.5 Å². The number of ether oxygens (including phenoxy) is 2. The molecule has 0 N–H and O–H groups in total. The first-order chi connectivity index (χ1) is 13.8. The van der Waals surface area contributed by atoms with Gasteiger partial charge >= 0.3 is 6.18 Å². The predicted molar refractivity (Wildman–Crippen MR) is 104 cm³/mol. The van der Waals surface area contributed by atoms with Gasteiger partial charge in [-0.15, -0.1) is 0 Å². The Morgan fingerprint density at radius 2 is 1.59 bits per heavy atom. The van der Waals surface area contributed by atoms with Crippen LogP contribution in [-0.4, -0.2) is 14.2 Å². The third-order valence-corrected chi connectivity index (χ3v) is 4.78. The molecule has 0 amide bonds. The summed E-state index contributed by atoms with van der Waals surface area (Å²) in [6, 6.07) is 11.6. The molecule has 0 saturated carbocycles. The molecule has 1 aromatic heterocycles. The third-order valence-electron chi connectivity index (χ3n) is 4.78. The molecule has 29 heavy (non-hydrogen) atoms.